The molecule has 0 amide bonds. The van der Waals surface area contributed by atoms with Crippen molar-refractivity contribution in [3.05, 3.63) is 88.6 Å². The minimum absolute atomic E-state index is 0.304. The highest BCUT2D eigenvalue weighted by Gasteiger charge is 2.39. The molecule has 0 N–H and O–H groups in total. The second kappa shape index (κ2) is 11.1. The van der Waals surface area contributed by atoms with E-state index in [-0.39, 0.29) is 0 Å². The average molecular weight is 495 g/mol. The monoisotopic (exact) mass is 494 g/mol. The SMILES string of the molecule is C=C(C1=NCCC(c2cccc(C)c2)C=N1)N1CCN(C(=C2CC2)c2cccc(C)c2)C(CC)C1CC. The Morgan fingerprint density at radius 2 is 1.59 bits per heavy atom. The van der Waals surface area contributed by atoms with Gasteiger partial charge in [-0.2, -0.15) is 0 Å². The van der Waals surface area contributed by atoms with E-state index in [1.165, 1.54) is 40.8 Å². The van der Waals surface area contributed by atoms with E-state index in [0.29, 0.717) is 18.0 Å². The first-order valence-electron chi connectivity index (χ1n) is 14.2. The molecule has 2 aromatic rings. The Morgan fingerprint density at radius 1 is 0.919 bits per heavy atom. The van der Waals surface area contributed by atoms with Gasteiger partial charge in [0.2, 0.25) is 0 Å². The molecular weight excluding hydrogens is 452 g/mol. The summed E-state index contributed by atoms with van der Waals surface area (Å²) in [6, 6.07) is 18.7. The van der Waals surface area contributed by atoms with Crippen LogP contribution in [0.3, 0.4) is 0 Å². The molecule has 4 heteroatoms. The Hall–Kier alpha value is -3.14. The molecule has 5 rings (SSSR count). The zero-order chi connectivity index (χ0) is 25.9. The number of piperazine rings is 1. The molecule has 194 valence electrons. The van der Waals surface area contributed by atoms with Gasteiger partial charge in [0.05, 0.1) is 5.70 Å². The van der Waals surface area contributed by atoms with Crippen molar-refractivity contribution in [2.24, 2.45) is 9.98 Å². The van der Waals surface area contributed by atoms with Crippen LogP contribution in [0.5, 0.6) is 0 Å². The summed E-state index contributed by atoms with van der Waals surface area (Å²) in [5, 5.41) is 0. The van der Waals surface area contributed by atoms with Gasteiger partial charge in [-0.3, -0.25) is 4.99 Å². The third-order valence-corrected chi connectivity index (χ3v) is 8.23. The van der Waals surface area contributed by atoms with Crippen molar-refractivity contribution in [2.45, 2.75) is 77.8 Å². The molecule has 2 heterocycles. The minimum atomic E-state index is 0.304. The Morgan fingerprint density at radius 3 is 2.27 bits per heavy atom. The van der Waals surface area contributed by atoms with Gasteiger partial charge < -0.3 is 9.80 Å². The fourth-order valence-corrected chi connectivity index (χ4v) is 6.26. The summed E-state index contributed by atoms with van der Waals surface area (Å²) in [6.45, 7) is 16.3. The molecule has 3 aliphatic rings. The van der Waals surface area contributed by atoms with Gasteiger partial charge in [0.15, 0.2) is 5.84 Å². The van der Waals surface area contributed by atoms with Crippen LogP contribution in [0.2, 0.25) is 0 Å². The number of amidine groups is 1. The van der Waals surface area contributed by atoms with E-state index in [1.54, 1.807) is 5.57 Å². The van der Waals surface area contributed by atoms with Crippen molar-refractivity contribution in [2.75, 3.05) is 19.6 Å². The number of hydrogen-bond donors (Lipinski definition) is 0. The van der Waals surface area contributed by atoms with Crippen LogP contribution >= 0.6 is 0 Å². The van der Waals surface area contributed by atoms with Gasteiger partial charge in [0, 0.05) is 49.5 Å². The first-order chi connectivity index (χ1) is 18.0. The van der Waals surface area contributed by atoms with E-state index in [2.05, 4.69) is 98.8 Å². The van der Waals surface area contributed by atoms with Crippen LogP contribution in [0.1, 0.15) is 74.1 Å². The summed E-state index contributed by atoms with van der Waals surface area (Å²) >= 11 is 0. The molecule has 0 spiro atoms. The number of allylic oxidation sites excluding steroid dienone is 1. The summed E-state index contributed by atoms with van der Waals surface area (Å²) in [6.07, 6.45) is 7.74. The number of hydrogen-bond acceptors (Lipinski definition) is 4. The Bertz CT molecular complexity index is 1230. The van der Waals surface area contributed by atoms with Crippen molar-refractivity contribution in [3.8, 4) is 0 Å². The first kappa shape index (κ1) is 25.5. The zero-order valence-corrected chi connectivity index (χ0v) is 23.1. The highest BCUT2D eigenvalue weighted by molar-refractivity contribution is 6.03. The molecule has 3 unspecified atom stereocenters. The van der Waals surface area contributed by atoms with Crippen LogP contribution in [0, 0.1) is 13.8 Å². The lowest BCUT2D eigenvalue weighted by atomic mass is 9.93. The second-order valence-electron chi connectivity index (χ2n) is 10.9. The second-order valence-corrected chi connectivity index (χ2v) is 10.9. The number of nitrogens with zero attached hydrogens (tertiary/aromatic N) is 4. The Kier molecular flexibility index (Phi) is 7.64. The lowest BCUT2D eigenvalue weighted by molar-refractivity contribution is 0.0792. The molecule has 1 saturated heterocycles. The molecule has 2 aliphatic heterocycles. The van der Waals surface area contributed by atoms with Gasteiger partial charge in [0.25, 0.3) is 0 Å². The van der Waals surface area contributed by atoms with Crippen LogP contribution in [0.15, 0.2) is 76.4 Å². The first-order valence-corrected chi connectivity index (χ1v) is 14.2. The van der Waals surface area contributed by atoms with Crippen molar-refractivity contribution < 1.29 is 0 Å². The van der Waals surface area contributed by atoms with Crippen molar-refractivity contribution in [1.29, 1.82) is 0 Å². The lowest BCUT2D eigenvalue weighted by Gasteiger charge is -2.50. The van der Waals surface area contributed by atoms with Gasteiger partial charge in [0.1, 0.15) is 0 Å². The quantitative estimate of drug-likeness (QED) is 0.409. The van der Waals surface area contributed by atoms with E-state index in [0.717, 1.165) is 50.4 Å². The van der Waals surface area contributed by atoms with Crippen LogP contribution in [-0.4, -0.2) is 53.6 Å². The fraction of sp³-hybridized carbons (Fsp3) is 0.455. The van der Waals surface area contributed by atoms with E-state index >= 15 is 0 Å². The van der Waals surface area contributed by atoms with E-state index in [4.69, 9.17) is 9.98 Å². The maximum atomic E-state index is 4.92. The topological polar surface area (TPSA) is 31.2 Å². The van der Waals surface area contributed by atoms with Crippen LogP contribution in [0.25, 0.3) is 5.70 Å². The summed E-state index contributed by atoms with van der Waals surface area (Å²) in [4.78, 5) is 15.1. The lowest BCUT2D eigenvalue weighted by Crippen LogP contribution is -2.58. The van der Waals surface area contributed by atoms with Crippen LogP contribution < -0.4 is 0 Å². The molecule has 4 nitrogen and oxygen atoms in total. The van der Waals surface area contributed by atoms with Gasteiger partial charge in [-0.15, -0.1) is 0 Å². The third kappa shape index (κ3) is 5.44. The van der Waals surface area contributed by atoms with E-state index < -0.39 is 0 Å². The third-order valence-electron chi connectivity index (χ3n) is 8.23. The fourth-order valence-electron chi connectivity index (χ4n) is 6.26. The standard InChI is InChI=1S/C33H42N4/c1-6-30-31(7-2)37(32(26-14-15-26)28-13-9-11-24(4)21-28)19-18-36(30)25(5)33-34-17-16-29(22-35-33)27-12-8-10-23(3)20-27/h8-13,20-22,29-31H,5-7,14-19H2,1-4H3. The summed E-state index contributed by atoms with van der Waals surface area (Å²) in [7, 11) is 0. The molecule has 1 saturated carbocycles. The molecule has 3 atom stereocenters. The van der Waals surface area contributed by atoms with Gasteiger partial charge in [-0.25, -0.2) is 4.99 Å². The van der Waals surface area contributed by atoms with Crippen LogP contribution in [-0.2, 0) is 0 Å². The van der Waals surface area contributed by atoms with Crippen molar-refractivity contribution >= 4 is 17.7 Å². The summed E-state index contributed by atoms with van der Waals surface area (Å²) in [5.41, 5.74) is 9.43. The Labute approximate surface area is 223 Å². The predicted molar refractivity (Wildman–Crippen MR) is 157 cm³/mol. The average Bonchev–Trinajstić information content (AvgIpc) is 3.75. The van der Waals surface area contributed by atoms with Gasteiger partial charge in [-0.05, 0) is 68.7 Å². The molecule has 2 aromatic carbocycles. The molecule has 0 bridgehead atoms. The predicted octanol–water partition coefficient (Wildman–Crippen LogP) is 7.15. The highest BCUT2D eigenvalue weighted by Crippen LogP contribution is 2.42. The number of rotatable bonds is 7. The summed E-state index contributed by atoms with van der Waals surface area (Å²) < 4.78 is 0. The maximum absolute atomic E-state index is 4.92. The normalized spacial score (nSPS) is 23.5. The highest BCUT2D eigenvalue weighted by atomic mass is 15.3. The molecule has 2 fully saturated rings. The minimum Gasteiger partial charge on any atom is -0.364 e. The smallest absolute Gasteiger partial charge is 0.170 e. The molecule has 0 radical (unpaired) electrons. The van der Waals surface area contributed by atoms with Crippen molar-refractivity contribution in [1.82, 2.24) is 9.80 Å². The number of aliphatic imine (C=N–C) groups is 2. The number of aryl methyl sites for hydroxylation is 2. The molecule has 1 aliphatic carbocycles. The van der Waals surface area contributed by atoms with Crippen molar-refractivity contribution in [3.63, 3.8) is 0 Å². The van der Waals surface area contributed by atoms with Gasteiger partial charge >= 0.3 is 0 Å². The molecular formula is C33H42N4. The maximum Gasteiger partial charge on any atom is 0.170 e. The van der Waals surface area contributed by atoms with E-state index in [1.807, 2.05) is 0 Å². The van der Waals surface area contributed by atoms with Crippen LogP contribution in [0.4, 0.5) is 0 Å². The molecule has 0 aromatic heterocycles. The number of benzene rings is 2. The Balaban J connectivity index is 1.37. The molecule has 37 heavy (non-hydrogen) atoms. The zero-order valence-electron chi connectivity index (χ0n) is 23.1. The summed E-state index contributed by atoms with van der Waals surface area (Å²) in [5.74, 6) is 1.12. The largest absolute Gasteiger partial charge is 0.364 e. The van der Waals surface area contributed by atoms with E-state index in [9.17, 15) is 0 Å². The van der Waals surface area contributed by atoms with Gasteiger partial charge in [-0.1, -0.05) is 74.0 Å².